The number of hydrogen-bond acceptors (Lipinski definition) is 3. The van der Waals surface area contributed by atoms with E-state index < -0.39 is 5.95 Å². The molecule has 0 bridgehead atoms. The molecule has 0 amide bonds. The number of ether oxygens (including phenoxy) is 1. The molecule has 3 N–H and O–H groups in total. The molecule has 0 unspecified atom stereocenters. The Labute approximate surface area is 65.5 Å². The van der Waals surface area contributed by atoms with Gasteiger partial charge in [-0.25, -0.2) is 0 Å². The quantitative estimate of drug-likeness (QED) is 0.364. The molecule has 3 nitrogen and oxygen atoms in total. The summed E-state index contributed by atoms with van der Waals surface area (Å²) in [5.41, 5.74) is 5.02. The summed E-state index contributed by atoms with van der Waals surface area (Å²) >= 11 is 0. The summed E-state index contributed by atoms with van der Waals surface area (Å²) in [4.78, 5) is 0. The Kier molecular flexibility index (Phi) is 3.57. The summed E-state index contributed by atoms with van der Waals surface area (Å²) in [6.07, 6.45) is 0. The van der Waals surface area contributed by atoms with Gasteiger partial charge in [-0.1, -0.05) is 13.8 Å². The highest BCUT2D eigenvalue weighted by atomic mass is 19.1. The van der Waals surface area contributed by atoms with Crippen LogP contribution in [-0.4, -0.2) is 13.0 Å². The zero-order valence-electron chi connectivity index (χ0n) is 6.94. The van der Waals surface area contributed by atoms with Crippen LogP contribution in [0.1, 0.15) is 13.8 Å². The van der Waals surface area contributed by atoms with Crippen molar-refractivity contribution in [1.29, 1.82) is 5.41 Å². The lowest BCUT2D eigenvalue weighted by atomic mass is 10.0. The lowest BCUT2D eigenvalue weighted by Gasteiger charge is -2.10. The van der Waals surface area contributed by atoms with Crippen LogP contribution in [0.15, 0.2) is 11.5 Å². The average Bonchev–Trinajstić information content (AvgIpc) is 1.85. The fourth-order valence-electron chi connectivity index (χ4n) is 0.756. The maximum atomic E-state index is 12.5. The molecule has 0 rings (SSSR count). The van der Waals surface area contributed by atoms with E-state index >= 15 is 0 Å². The largest absolute Gasteiger partial charge is 0.481 e. The van der Waals surface area contributed by atoms with Gasteiger partial charge in [-0.3, -0.25) is 5.41 Å². The van der Waals surface area contributed by atoms with E-state index in [1.807, 2.05) is 0 Å². The van der Waals surface area contributed by atoms with Crippen LogP contribution >= 0.6 is 0 Å². The summed E-state index contributed by atoms with van der Waals surface area (Å²) in [6.45, 7) is 3.49. The Morgan fingerprint density at radius 3 is 2.09 bits per heavy atom. The van der Waals surface area contributed by atoms with Gasteiger partial charge in [0.15, 0.2) is 5.95 Å². The molecule has 0 spiro atoms. The van der Waals surface area contributed by atoms with Crippen molar-refractivity contribution < 1.29 is 9.13 Å². The molecule has 4 heteroatoms. The lowest BCUT2D eigenvalue weighted by Crippen LogP contribution is -2.14. The molecule has 0 aromatic rings. The van der Waals surface area contributed by atoms with Crippen molar-refractivity contribution in [2.75, 3.05) is 7.11 Å². The smallest absolute Gasteiger partial charge is 0.213 e. The van der Waals surface area contributed by atoms with Crippen molar-refractivity contribution in [3.8, 4) is 0 Å². The van der Waals surface area contributed by atoms with E-state index in [0.29, 0.717) is 0 Å². The van der Waals surface area contributed by atoms with Crippen LogP contribution in [0, 0.1) is 11.3 Å². The van der Waals surface area contributed by atoms with Crippen LogP contribution in [0.4, 0.5) is 4.39 Å². The monoisotopic (exact) mass is 160 g/mol. The fraction of sp³-hybridized carbons (Fsp3) is 0.571. The molecule has 0 aromatic heterocycles. The molecule has 0 aliphatic heterocycles. The Morgan fingerprint density at radius 2 is 2.00 bits per heavy atom. The zero-order chi connectivity index (χ0) is 9.02. The van der Waals surface area contributed by atoms with Crippen molar-refractivity contribution in [2.45, 2.75) is 13.8 Å². The van der Waals surface area contributed by atoms with E-state index in [1.54, 1.807) is 13.8 Å². The lowest BCUT2D eigenvalue weighted by molar-refractivity contribution is 0.391. The van der Waals surface area contributed by atoms with Gasteiger partial charge in [-0.2, -0.15) is 4.39 Å². The first-order chi connectivity index (χ1) is 5.00. The van der Waals surface area contributed by atoms with Gasteiger partial charge in [0.2, 0.25) is 5.90 Å². The minimum absolute atomic E-state index is 0.118. The number of hydrogen-bond donors (Lipinski definition) is 2. The van der Waals surface area contributed by atoms with Crippen molar-refractivity contribution in [2.24, 2.45) is 11.7 Å². The van der Waals surface area contributed by atoms with Crippen LogP contribution in [0.3, 0.4) is 0 Å². The van der Waals surface area contributed by atoms with Gasteiger partial charge < -0.3 is 10.5 Å². The molecule has 0 radical (unpaired) electrons. The minimum atomic E-state index is -0.841. The maximum Gasteiger partial charge on any atom is 0.213 e. The molecule has 0 fully saturated rings. The third-order valence-corrected chi connectivity index (χ3v) is 1.28. The molecule has 0 aliphatic rings. The molecule has 0 saturated heterocycles. The van der Waals surface area contributed by atoms with Crippen LogP contribution in [0.5, 0.6) is 0 Å². The van der Waals surface area contributed by atoms with Gasteiger partial charge in [0, 0.05) is 0 Å². The van der Waals surface area contributed by atoms with Crippen molar-refractivity contribution in [3.63, 3.8) is 0 Å². The molecular formula is C7H13FN2O. The predicted molar refractivity (Wildman–Crippen MR) is 41.9 cm³/mol. The summed E-state index contributed by atoms with van der Waals surface area (Å²) in [5.74, 6) is -1.18. The zero-order valence-corrected chi connectivity index (χ0v) is 6.94. The van der Waals surface area contributed by atoms with Gasteiger partial charge in [0.05, 0.1) is 12.7 Å². The highest BCUT2D eigenvalue weighted by molar-refractivity contribution is 5.91. The van der Waals surface area contributed by atoms with Gasteiger partial charge in [0.25, 0.3) is 0 Å². The first-order valence-electron chi connectivity index (χ1n) is 3.28. The second-order valence-corrected chi connectivity index (χ2v) is 2.45. The predicted octanol–water partition coefficient (Wildman–Crippen LogP) is 1.41. The number of rotatable bonds is 2. The maximum absolute atomic E-state index is 12.5. The highest BCUT2D eigenvalue weighted by Crippen LogP contribution is 2.14. The first-order valence-corrected chi connectivity index (χ1v) is 3.28. The Hall–Kier alpha value is -1.06. The molecule has 0 atom stereocenters. The number of halogens is 1. The molecule has 0 heterocycles. The number of nitrogens with one attached hydrogen (secondary N) is 1. The molecule has 0 saturated carbocycles. The normalized spacial score (nSPS) is 12.8. The van der Waals surface area contributed by atoms with Crippen molar-refractivity contribution >= 4 is 5.90 Å². The summed E-state index contributed by atoms with van der Waals surface area (Å²) in [6, 6.07) is 0. The standard InChI is InChI=1S/C7H13FN2O/c1-4(2)5(6(8)9)7(10)11-3/h4,10H,9H2,1-3H3/b6-5-,10-7?. The van der Waals surface area contributed by atoms with Gasteiger partial charge in [-0.15, -0.1) is 0 Å². The molecule has 0 aliphatic carbocycles. The van der Waals surface area contributed by atoms with E-state index in [1.165, 1.54) is 7.11 Å². The second-order valence-electron chi connectivity index (χ2n) is 2.45. The van der Waals surface area contributed by atoms with Crippen molar-refractivity contribution in [1.82, 2.24) is 0 Å². The SMILES string of the molecule is COC(=N)/C(=C(\N)F)C(C)C. The molecule has 64 valence electrons. The minimum Gasteiger partial charge on any atom is -0.481 e. The van der Waals surface area contributed by atoms with Gasteiger partial charge >= 0.3 is 0 Å². The highest BCUT2D eigenvalue weighted by Gasteiger charge is 2.14. The van der Waals surface area contributed by atoms with E-state index in [2.05, 4.69) is 4.74 Å². The summed E-state index contributed by atoms with van der Waals surface area (Å²) in [5, 5.41) is 7.16. The van der Waals surface area contributed by atoms with Gasteiger partial charge in [-0.05, 0) is 5.92 Å². The third kappa shape index (κ3) is 2.57. The van der Waals surface area contributed by atoms with Gasteiger partial charge in [0.1, 0.15) is 0 Å². The van der Waals surface area contributed by atoms with E-state index in [-0.39, 0.29) is 17.4 Å². The Bertz CT molecular complexity index is 183. The second kappa shape index (κ2) is 3.95. The van der Waals surface area contributed by atoms with E-state index in [0.717, 1.165) is 0 Å². The summed E-state index contributed by atoms with van der Waals surface area (Å²) in [7, 11) is 1.31. The number of methoxy groups -OCH3 is 1. The molecular weight excluding hydrogens is 147 g/mol. The fourth-order valence-corrected chi connectivity index (χ4v) is 0.756. The van der Waals surface area contributed by atoms with E-state index in [4.69, 9.17) is 11.1 Å². The summed E-state index contributed by atoms with van der Waals surface area (Å²) < 4.78 is 17.0. The van der Waals surface area contributed by atoms with Crippen LogP contribution in [-0.2, 0) is 4.74 Å². The van der Waals surface area contributed by atoms with E-state index in [9.17, 15) is 4.39 Å². The van der Waals surface area contributed by atoms with Crippen molar-refractivity contribution in [3.05, 3.63) is 11.5 Å². The van der Waals surface area contributed by atoms with Crippen LogP contribution in [0.2, 0.25) is 0 Å². The molecule has 0 aromatic carbocycles. The Morgan fingerprint density at radius 1 is 1.55 bits per heavy atom. The Balaban J connectivity index is 4.64. The molecule has 11 heavy (non-hydrogen) atoms. The van der Waals surface area contributed by atoms with Crippen LogP contribution < -0.4 is 5.73 Å². The average molecular weight is 160 g/mol. The topological polar surface area (TPSA) is 59.1 Å². The number of nitrogens with two attached hydrogens (primary N) is 1. The third-order valence-electron chi connectivity index (χ3n) is 1.28. The van der Waals surface area contributed by atoms with Crippen LogP contribution in [0.25, 0.3) is 0 Å². The first kappa shape index (κ1) is 9.94.